The monoisotopic (exact) mass is 270 g/mol. The number of amides is 2. The van der Waals surface area contributed by atoms with Crippen molar-refractivity contribution in [3.63, 3.8) is 0 Å². The van der Waals surface area contributed by atoms with E-state index in [9.17, 15) is 4.79 Å². The number of nitrogens with two attached hydrogens (primary N) is 1. The van der Waals surface area contributed by atoms with Gasteiger partial charge in [0, 0.05) is 31.2 Å². The SMILES string of the molecule is NCc1ccc(NC(=O)NCCc2cccnc2)cc1. The summed E-state index contributed by atoms with van der Waals surface area (Å²) < 4.78 is 0. The average Bonchev–Trinajstić information content (AvgIpc) is 2.49. The molecule has 4 N–H and O–H groups in total. The smallest absolute Gasteiger partial charge is 0.319 e. The third-order valence-corrected chi connectivity index (χ3v) is 2.87. The normalized spacial score (nSPS) is 10.1. The molecule has 0 aliphatic carbocycles. The molecule has 0 atom stereocenters. The highest BCUT2D eigenvalue weighted by molar-refractivity contribution is 5.89. The second-order valence-corrected chi connectivity index (χ2v) is 4.39. The van der Waals surface area contributed by atoms with Crippen molar-refractivity contribution in [3.05, 3.63) is 59.9 Å². The number of hydrogen-bond donors (Lipinski definition) is 3. The van der Waals surface area contributed by atoms with Gasteiger partial charge in [0.2, 0.25) is 0 Å². The van der Waals surface area contributed by atoms with E-state index in [2.05, 4.69) is 15.6 Å². The minimum Gasteiger partial charge on any atom is -0.338 e. The molecule has 20 heavy (non-hydrogen) atoms. The summed E-state index contributed by atoms with van der Waals surface area (Å²) in [6.07, 6.45) is 4.28. The first-order valence-electron chi connectivity index (χ1n) is 6.50. The Hall–Kier alpha value is -2.40. The number of rotatable bonds is 5. The van der Waals surface area contributed by atoms with Crippen molar-refractivity contribution in [2.75, 3.05) is 11.9 Å². The van der Waals surface area contributed by atoms with Crippen LogP contribution in [0.2, 0.25) is 0 Å². The molecular weight excluding hydrogens is 252 g/mol. The number of benzene rings is 1. The first kappa shape index (κ1) is 14.0. The third kappa shape index (κ3) is 4.37. The number of urea groups is 1. The van der Waals surface area contributed by atoms with Crippen molar-refractivity contribution in [2.24, 2.45) is 5.73 Å². The molecule has 0 aliphatic heterocycles. The molecule has 1 heterocycles. The number of hydrogen-bond acceptors (Lipinski definition) is 3. The maximum absolute atomic E-state index is 11.7. The number of carbonyl (C=O) groups excluding carboxylic acids is 1. The number of pyridine rings is 1. The Balaban J connectivity index is 1.74. The molecule has 0 aliphatic rings. The van der Waals surface area contributed by atoms with E-state index in [1.807, 2.05) is 36.4 Å². The van der Waals surface area contributed by atoms with E-state index in [-0.39, 0.29) is 6.03 Å². The number of aromatic nitrogens is 1. The van der Waals surface area contributed by atoms with E-state index in [4.69, 9.17) is 5.73 Å². The highest BCUT2D eigenvalue weighted by Crippen LogP contribution is 2.08. The number of nitrogens with zero attached hydrogens (tertiary/aromatic N) is 1. The van der Waals surface area contributed by atoms with Crippen LogP contribution in [-0.2, 0) is 13.0 Å². The highest BCUT2D eigenvalue weighted by atomic mass is 16.2. The van der Waals surface area contributed by atoms with Crippen molar-refractivity contribution in [3.8, 4) is 0 Å². The van der Waals surface area contributed by atoms with E-state index < -0.39 is 0 Å². The average molecular weight is 270 g/mol. The summed E-state index contributed by atoms with van der Waals surface area (Å²) in [7, 11) is 0. The molecule has 5 heteroatoms. The molecule has 0 saturated carbocycles. The largest absolute Gasteiger partial charge is 0.338 e. The summed E-state index contributed by atoms with van der Waals surface area (Å²) in [4.78, 5) is 15.7. The molecule has 0 unspecified atom stereocenters. The first-order valence-corrected chi connectivity index (χ1v) is 6.50. The Labute approximate surface area is 118 Å². The van der Waals surface area contributed by atoms with Crippen molar-refractivity contribution in [2.45, 2.75) is 13.0 Å². The van der Waals surface area contributed by atoms with Gasteiger partial charge < -0.3 is 16.4 Å². The summed E-state index contributed by atoms with van der Waals surface area (Å²) in [6, 6.07) is 11.1. The predicted molar refractivity (Wildman–Crippen MR) is 79.3 cm³/mol. The van der Waals surface area contributed by atoms with Crippen LogP contribution in [-0.4, -0.2) is 17.6 Å². The van der Waals surface area contributed by atoms with Gasteiger partial charge in [0.25, 0.3) is 0 Å². The fourth-order valence-electron chi connectivity index (χ4n) is 1.77. The zero-order chi connectivity index (χ0) is 14.2. The zero-order valence-electron chi connectivity index (χ0n) is 11.2. The minimum atomic E-state index is -0.214. The molecule has 1 aromatic heterocycles. The van der Waals surface area contributed by atoms with Crippen LogP contribution in [0.5, 0.6) is 0 Å². The third-order valence-electron chi connectivity index (χ3n) is 2.87. The summed E-state index contributed by atoms with van der Waals surface area (Å²) in [5.41, 5.74) is 8.40. The van der Waals surface area contributed by atoms with Gasteiger partial charge in [-0.1, -0.05) is 18.2 Å². The molecule has 0 radical (unpaired) electrons. The van der Waals surface area contributed by atoms with Gasteiger partial charge in [0.1, 0.15) is 0 Å². The molecule has 2 rings (SSSR count). The molecule has 0 bridgehead atoms. The Morgan fingerprint density at radius 3 is 2.60 bits per heavy atom. The zero-order valence-corrected chi connectivity index (χ0v) is 11.2. The van der Waals surface area contributed by atoms with E-state index in [1.54, 1.807) is 12.4 Å². The minimum absolute atomic E-state index is 0.214. The van der Waals surface area contributed by atoms with Gasteiger partial charge in [-0.2, -0.15) is 0 Å². The number of carbonyl (C=O) groups is 1. The first-order chi connectivity index (χ1) is 9.78. The Kier molecular flexibility index (Phi) is 5.08. The van der Waals surface area contributed by atoms with Crippen LogP contribution in [0.15, 0.2) is 48.8 Å². The fourth-order valence-corrected chi connectivity index (χ4v) is 1.77. The molecule has 5 nitrogen and oxygen atoms in total. The molecule has 0 saturated heterocycles. The van der Waals surface area contributed by atoms with Gasteiger partial charge in [-0.05, 0) is 35.7 Å². The van der Waals surface area contributed by atoms with Gasteiger partial charge >= 0.3 is 6.03 Å². The summed E-state index contributed by atoms with van der Waals surface area (Å²) in [5.74, 6) is 0. The second kappa shape index (κ2) is 7.25. The summed E-state index contributed by atoms with van der Waals surface area (Å²) >= 11 is 0. The van der Waals surface area contributed by atoms with Crippen LogP contribution in [0.25, 0.3) is 0 Å². The van der Waals surface area contributed by atoms with Crippen molar-refractivity contribution in [1.29, 1.82) is 0 Å². The molecule has 0 fully saturated rings. The Morgan fingerprint density at radius 2 is 1.95 bits per heavy atom. The summed E-state index contributed by atoms with van der Waals surface area (Å²) in [5, 5.41) is 5.58. The predicted octanol–water partition coefficient (Wildman–Crippen LogP) is 1.90. The van der Waals surface area contributed by atoms with Gasteiger partial charge in [-0.15, -0.1) is 0 Å². The summed E-state index contributed by atoms with van der Waals surface area (Å²) in [6.45, 7) is 1.07. The molecular formula is C15H18N4O. The van der Waals surface area contributed by atoms with E-state index in [1.165, 1.54) is 0 Å². The van der Waals surface area contributed by atoms with Crippen molar-refractivity contribution >= 4 is 11.7 Å². The lowest BCUT2D eigenvalue weighted by atomic mass is 10.2. The molecule has 2 aromatic rings. The lowest BCUT2D eigenvalue weighted by Crippen LogP contribution is -2.30. The van der Waals surface area contributed by atoms with Gasteiger partial charge in [0.15, 0.2) is 0 Å². The van der Waals surface area contributed by atoms with Crippen LogP contribution in [0.3, 0.4) is 0 Å². The van der Waals surface area contributed by atoms with Crippen molar-refractivity contribution < 1.29 is 4.79 Å². The maximum Gasteiger partial charge on any atom is 0.319 e. The maximum atomic E-state index is 11.7. The van der Waals surface area contributed by atoms with Crippen LogP contribution in [0.1, 0.15) is 11.1 Å². The topological polar surface area (TPSA) is 80.0 Å². The molecule has 0 spiro atoms. The van der Waals surface area contributed by atoms with Gasteiger partial charge in [0.05, 0.1) is 0 Å². The molecule has 2 amide bonds. The van der Waals surface area contributed by atoms with Crippen LogP contribution >= 0.6 is 0 Å². The van der Waals surface area contributed by atoms with Crippen LogP contribution in [0.4, 0.5) is 10.5 Å². The fraction of sp³-hybridized carbons (Fsp3) is 0.200. The number of nitrogens with one attached hydrogen (secondary N) is 2. The lowest BCUT2D eigenvalue weighted by molar-refractivity contribution is 0.252. The van der Waals surface area contributed by atoms with Gasteiger partial charge in [-0.25, -0.2) is 4.79 Å². The standard InChI is InChI=1S/C15H18N4O/c16-10-12-3-5-14(6-4-12)19-15(20)18-9-7-13-2-1-8-17-11-13/h1-6,8,11H,7,9-10,16H2,(H2,18,19,20). The molecule has 1 aromatic carbocycles. The Morgan fingerprint density at radius 1 is 1.15 bits per heavy atom. The van der Waals surface area contributed by atoms with Crippen LogP contribution in [0, 0.1) is 0 Å². The molecule has 104 valence electrons. The van der Waals surface area contributed by atoms with E-state index in [0.717, 1.165) is 23.2 Å². The van der Waals surface area contributed by atoms with Gasteiger partial charge in [-0.3, -0.25) is 4.98 Å². The van der Waals surface area contributed by atoms with E-state index in [0.29, 0.717) is 13.1 Å². The quantitative estimate of drug-likeness (QED) is 0.776. The second-order valence-electron chi connectivity index (χ2n) is 4.39. The number of anilines is 1. The van der Waals surface area contributed by atoms with Crippen molar-refractivity contribution in [1.82, 2.24) is 10.3 Å². The highest BCUT2D eigenvalue weighted by Gasteiger charge is 2.01. The lowest BCUT2D eigenvalue weighted by Gasteiger charge is -2.08. The van der Waals surface area contributed by atoms with Crippen LogP contribution < -0.4 is 16.4 Å². The Bertz CT molecular complexity index is 540. The van der Waals surface area contributed by atoms with E-state index >= 15 is 0 Å².